The van der Waals surface area contributed by atoms with Gasteiger partial charge in [-0.05, 0) is 38.3 Å². The Hall–Kier alpha value is -1.84. The van der Waals surface area contributed by atoms with Crippen LogP contribution in [0.1, 0.15) is 25.1 Å². The smallest absolute Gasteiger partial charge is 0.356 e. The molecule has 1 aromatic heterocycles. The first kappa shape index (κ1) is 19.5. The van der Waals surface area contributed by atoms with Crippen molar-refractivity contribution in [2.75, 3.05) is 33.2 Å². The Bertz CT molecular complexity index is 548. The summed E-state index contributed by atoms with van der Waals surface area (Å²) in [5.74, 6) is 1.94. The summed E-state index contributed by atoms with van der Waals surface area (Å²) in [6, 6.07) is 0. The highest BCUT2D eigenvalue weighted by atomic mass is 19.4. The average molecular weight is 361 g/mol. The largest absolute Gasteiger partial charge is 0.401 e. The van der Waals surface area contributed by atoms with Crippen molar-refractivity contribution >= 4 is 5.96 Å². The molecule has 1 saturated heterocycles. The van der Waals surface area contributed by atoms with Gasteiger partial charge in [0.25, 0.3) is 0 Å². The Kier molecular flexibility index (Phi) is 7.03. The van der Waals surface area contributed by atoms with E-state index in [0.717, 1.165) is 31.6 Å². The summed E-state index contributed by atoms with van der Waals surface area (Å²) in [7, 11) is 3.52. The second-order valence-electron chi connectivity index (χ2n) is 6.28. The number of hydrogen-bond acceptors (Lipinski definition) is 4. The number of aliphatic imine (C=N–C) groups is 1. The molecule has 0 unspecified atom stereocenters. The van der Waals surface area contributed by atoms with Gasteiger partial charge in [0, 0.05) is 20.6 Å². The van der Waals surface area contributed by atoms with E-state index in [1.54, 1.807) is 11.7 Å². The first-order valence-electron chi connectivity index (χ1n) is 8.44. The number of hydrogen-bond donors (Lipinski definition) is 2. The van der Waals surface area contributed by atoms with Crippen molar-refractivity contribution in [2.45, 2.75) is 32.0 Å². The standard InChI is InChI=1S/C15H26F3N7/c1-19-14(21-9-13-22-11-23-24(13)2)20-6-3-12-4-7-25(8-5-12)10-15(16,17)18/h11-12H,3-10H2,1-2H3,(H2,19,20,21). The van der Waals surface area contributed by atoms with Gasteiger partial charge < -0.3 is 10.6 Å². The molecule has 0 radical (unpaired) electrons. The van der Waals surface area contributed by atoms with Crippen LogP contribution in [-0.2, 0) is 13.6 Å². The summed E-state index contributed by atoms with van der Waals surface area (Å²) in [5.41, 5.74) is 0. The SMILES string of the molecule is CN=C(NCCC1CCN(CC(F)(F)F)CC1)NCc1ncnn1C. The van der Waals surface area contributed by atoms with Crippen molar-refractivity contribution in [1.82, 2.24) is 30.3 Å². The zero-order valence-electron chi connectivity index (χ0n) is 14.7. The van der Waals surface area contributed by atoms with Gasteiger partial charge in [-0.15, -0.1) is 0 Å². The molecule has 1 aliphatic rings. The molecule has 0 aliphatic carbocycles. The number of likely N-dealkylation sites (tertiary alicyclic amines) is 1. The highest BCUT2D eigenvalue weighted by Crippen LogP contribution is 2.23. The van der Waals surface area contributed by atoms with Crippen LogP contribution in [0.3, 0.4) is 0 Å². The van der Waals surface area contributed by atoms with Gasteiger partial charge in [0.1, 0.15) is 12.2 Å². The summed E-state index contributed by atoms with van der Waals surface area (Å²) in [4.78, 5) is 9.78. The van der Waals surface area contributed by atoms with E-state index in [1.807, 2.05) is 7.05 Å². The maximum atomic E-state index is 12.4. The van der Waals surface area contributed by atoms with Gasteiger partial charge in [0.2, 0.25) is 0 Å². The van der Waals surface area contributed by atoms with Crippen LogP contribution in [-0.4, -0.2) is 65.0 Å². The molecule has 2 rings (SSSR count). The van der Waals surface area contributed by atoms with Crippen molar-refractivity contribution in [3.8, 4) is 0 Å². The van der Waals surface area contributed by atoms with Crippen molar-refractivity contribution in [3.05, 3.63) is 12.2 Å². The van der Waals surface area contributed by atoms with Crippen molar-refractivity contribution in [3.63, 3.8) is 0 Å². The minimum absolute atomic E-state index is 0.453. The number of nitrogens with zero attached hydrogens (tertiary/aromatic N) is 5. The molecule has 142 valence electrons. The maximum absolute atomic E-state index is 12.4. The lowest BCUT2D eigenvalue weighted by atomic mass is 9.93. The number of aromatic nitrogens is 3. The molecular weight excluding hydrogens is 335 g/mol. The van der Waals surface area contributed by atoms with Gasteiger partial charge in [-0.1, -0.05) is 0 Å². The van der Waals surface area contributed by atoms with Gasteiger partial charge in [0.15, 0.2) is 5.96 Å². The van der Waals surface area contributed by atoms with Gasteiger partial charge >= 0.3 is 6.18 Å². The van der Waals surface area contributed by atoms with Crippen LogP contribution in [0.5, 0.6) is 0 Å². The number of rotatable bonds is 6. The molecule has 7 nitrogen and oxygen atoms in total. The molecule has 1 aromatic rings. The molecule has 0 amide bonds. The van der Waals surface area contributed by atoms with Gasteiger partial charge in [-0.3, -0.25) is 14.6 Å². The maximum Gasteiger partial charge on any atom is 0.401 e. The third-order valence-electron chi connectivity index (χ3n) is 4.40. The minimum Gasteiger partial charge on any atom is -0.356 e. The monoisotopic (exact) mass is 361 g/mol. The minimum atomic E-state index is -4.10. The normalized spacial score (nSPS) is 17.7. The Morgan fingerprint density at radius 3 is 2.60 bits per heavy atom. The van der Waals surface area contributed by atoms with Gasteiger partial charge in [0.05, 0.1) is 13.1 Å². The molecule has 2 heterocycles. The molecule has 2 N–H and O–H groups in total. The van der Waals surface area contributed by atoms with E-state index in [4.69, 9.17) is 0 Å². The van der Waals surface area contributed by atoms with Gasteiger partial charge in [-0.2, -0.15) is 18.3 Å². The molecule has 0 saturated carbocycles. The van der Waals surface area contributed by atoms with Crippen LogP contribution < -0.4 is 10.6 Å². The highest BCUT2D eigenvalue weighted by Gasteiger charge is 2.32. The van der Waals surface area contributed by atoms with Crippen LogP contribution in [0.2, 0.25) is 0 Å². The fourth-order valence-electron chi connectivity index (χ4n) is 2.95. The van der Waals surface area contributed by atoms with E-state index in [0.29, 0.717) is 31.5 Å². The van der Waals surface area contributed by atoms with Crippen molar-refractivity contribution in [2.24, 2.45) is 18.0 Å². The first-order valence-corrected chi connectivity index (χ1v) is 8.44. The number of nitrogens with one attached hydrogen (secondary N) is 2. The topological polar surface area (TPSA) is 70.4 Å². The number of piperidine rings is 1. The van der Waals surface area contributed by atoms with Crippen molar-refractivity contribution in [1.29, 1.82) is 0 Å². The number of alkyl halides is 3. The summed E-state index contributed by atoms with van der Waals surface area (Å²) >= 11 is 0. The molecule has 0 spiro atoms. The van der Waals surface area contributed by atoms with Crippen LogP contribution >= 0.6 is 0 Å². The molecule has 1 aliphatic heterocycles. The second-order valence-corrected chi connectivity index (χ2v) is 6.28. The number of aryl methyl sites for hydroxylation is 1. The predicted molar refractivity (Wildman–Crippen MR) is 89.0 cm³/mol. The number of guanidine groups is 1. The summed E-state index contributed by atoms with van der Waals surface area (Å²) < 4.78 is 38.8. The lowest BCUT2D eigenvalue weighted by Gasteiger charge is -2.32. The van der Waals surface area contributed by atoms with Crippen LogP contribution in [0.4, 0.5) is 13.2 Å². The zero-order valence-corrected chi connectivity index (χ0v) is 14.7. The fourth-order valence-corrected chi connectivity index (χ4v) is 2.95. The Labute approximate surface area is 145 Å². The zero-order chi connectivity index (χ0) is 18.3. The molecule has 10 heteroatoms. The molecule has 0 atom stereocenters. The van der Waals surface area contributed by atoms with E-state index < -0.39 is 12.7 Å². The van der Waals surface area contributed by atoms with Crippen LogP contribution in [0.25, 0.3) is 0 Å². The lowest BCUT2D eigenvalue weighted by molar-refractivity contribution is -0.148. The van der Waals surface area contributed by atoms with E-state index in [2.05, 4.69) is 25.7 Å². The fraction of sp³-hybridized carbons (Fsp3) is 0.800. The van der Waals surface area contributed by atoms with E-state index in [1.165, 1.54) is 11.2 Å². The van der Waals surface area contributed by atoms with E-state index >= 15 is 0 Å². The Morgan fingerprint density at radius 1 is 1.32 bits per heavy atom. The van der Waals surface area contributed by atoms with E-state index in [-0.39, 0.29) is 0 Å². The summed E-state index contributed by atoms with van der Waals surface area (Å²) in [6.45, 7) is 1.50. The Morgan fingerprint density at radius 2 is 2.04 bits per heavy atom. The summed E-state index contributed by atoms with van der Waals surface area (Å²) in [6.07, 6.45) is -0.0659. The third-order valence-corrected chi connectivity index (χ3v) is 4.40. The van der Waals surface area contributed by atoms with Crippen molar-refractivity contribution < 1.29 is 13.2 Å². The van der Waals surface area contributed by atoms with Gasteiger partial charge in [-0.25, -0.2) is 4.98 Å². The molecule has 25 heavy (non-hydrogen) atoms. The molecular formula is C15H26F3N7. The highest BCUT2D eigenvalue weighted by molar-refractivity contribution is 5.79. The molecule has 1 fully saturated rings. The Balaban J connectivity index is 1.62. The molecule has 0 bridgehead atoms. The van der Waals surface area contributed by atoms with Crippen LogP contribution in [0.15, 0.2) is 11.3 Å². The predicted octanol–water partition coefficient (Wildman–Crippen LogP) is 1.14. The molecule has 0 aromatic carbocycles. The third kappa shape index (κ3) is 6.89. The quantitative estimate of drug-likeness (QED) is 0.588. The second kappa shape index (κ2) is 9.02. The van der Waals surface area contributed by atoms with E-state index in [9.17, 15) is 13.2 Å². The first-order chi connectivity index (χ1) is 11.9. The average Bonchev–Trinajstić information content (AvgIpc) is 2.96. The summed E-state index contributed by atoms with van der Waals surface area (Å²) in [5, 5.41) is 10.4. The lowest BCUT2D eigenvalue weighted by Crippen LogP contribution is -2.41. The number of halogens is 3. The van der Waals surface area contributed by atoms with Crippen LogP contribution in [0, 0.1) is 5.92 Å².